The van der Waals surface area contributed by atoms with Crippen LogP contribution in [0.3, 0.4) is 0 Å². The second-order valence-electron chi connectivity index (χ2n) is 7.57. The number of para-hydroxylation sites is 1. The Labute approximate surface area is 176 Å². The minimum atomic E-state index is -0.696. The van der Waals surface area contributed by atoms with Gasteiger partial charge in [0.15, 0.2) is 0 Å². The maximum atomic E-state index is 13.3. The van der Waals surface area contributed by atoms with Crippen LogP contribution in [0.4, 0.5) is 4.39 Å². The van der Waals surface area contributed by atoms with Crippen LogP contribution in [0.2, 0.25) is 0 Å². The Morgan fingerprint density at radius 1 is 1.00 bits per heavy atom. The van der Waals surface area contributed by atoms with Crippen LogP contribution >= 0.6 is 0 Å². The molecule has 1 heterocycles. The van der Waals surface area contributed by atoms with Crippen LogP contribution in [0.5, 0.6) is 5.75 Å². The van der Waals surface area contributed by atoms with Crippen LogP contribution < -0.4 is 10.1 Å². The first kappa shape index (κ1) is 21.6. The molecule has 0 aromatic heterocycles. The molecule has 3 rings (SSSR count). The van der Waals surface area contributed by atoms with E-state index in [2.05, 4.69) is 5.32 Å². The lowest BCUT2D eigenvalue weighted by atomic mass is 10.0. The average molecular weight is 410 g/mol. The molecule has 0 spiro atoms. The highest BCUT2D eigenvalue weighted by atomic mass is 19.1. The molecule has 2 aromatic rings. The number of rotatable bonds is 1. The van der Waals surface area contributed by atoms with Crippen molar-refractivity contribution in [2.45, 2.75) is 44.9 Å². The number of benzene rings is 2. The van der Waals surface area contributed by atoms with Gasteiger partial charge < -0.3 is 15.0 Å². The summed E-state index contributed by atoms with van der Waals surface area (Å²) in [5, 5.41) is 3.00. The number of ether oxygens (including phenoxy) is 1. The van der Waals surface area contributed by atoms with Gasteiger partial charge in [-0.05, 0) is 50.1 Å². The van der Waals surface area contributed by atoms with E-state index in [4.69, 9.17) is 4.74 Å². The third kappa shape index (κ3) is 5.06. The van der Waals surface area contributed by atoms with Crippen molar-refractivity contribution in [2.75, 3.05) is 7.05 Å². The van der Waals surface area contributed by atoms with E-state index >= 15 is 0 Å². The van der Waals surface area contributed by atoms with Crippen molar-refractivity contribution in [1.82, 2.24) is 10.2 Å². The molecule has 1 N–H and O–H groups in total. The zero-order chi connectivity index (χ0) is 21.7. The van der Waals surface area contributed by atoms with Crippen LogP contribution in [0.1, 0.15) is 48.7 Å². The number of fused-ring (bicyclic) bond motifs is 1. The van der Waals surface area contributed by atoms with Crippen molar-refractivity contribution in [3.63, 3.8) is 0 Å². The molecule has 30 heavy (non-hydrogen) atoms. The lowest BCUT2D eigenvalue weighted by Gasteiger charge is -2.28. The molecule has 0 aliphatic carbocycles. The summed E-state index contributed by atoms with van der Waals surface area (Å²) in [6, 6.07) is 12.1. The van der Waals surface area contributed by atoms with Crippen molar-refractivity contribution in [3.8, 4) is 5.75 Å². The van der Waals surface area contributed by atoms with Gasteiger partial charge in [0.2, 0.25) is 5.91 Å². The van der Waals surface area contributed by atoms with E-state index < -0.39 is 6.04 Å². The maximum absolute atomic E-state index is 13.3. The SMILES string of the molecule is C[C@@H]1C/C=C/C[C@H](c2ccc(F)cc2)NC(=O)[C@H](C)N(C)C(=O)c2ccccc2O1. The predicted octanol–water partition coefficient (Wildman–Crippen LogP) is 4.26. The van der Waals surface area contributed by atoms with Gasteiger partial charge in [-0.15, -0.1) is 0 Å². The Kier molecular flexibility index (Phi) is 6.87. The molecule has 0 saturated carbocycles. The molecule has 1 aliphatic rings. The predicted molar refractivity (Wildman–Crippen MR) is 114 cm³/mol. The Hall–Kier alpha value is -3.15. The fraction of sp³-hybridized carbons (Fsp3) is 0.333. The van der Waals surface area contributed by atoms with Gasteiger partial charge in [-0.2, -0.15) is 0 Å². The standard InChI is InChI=1S/C24H27FN2O3/c1-16-8-4-6-10-21(18-12-14-19(25)15-13-18)26-23(28)17(2)27(3)24(29)20-9-5-7-11-22(20)30-16/h4-7,9,11-17,21H,8,10H2,1-3H3,(H,26,28)/b6-4+/t16-,17+,21-/m1/s1. The van der Waals surface area contributed by atoms with Gasteiger partial charge in [-0.3, -0.25) is 9.59 Å². The van der Waals surface area contributed by atoms with Gasteiger partial charge in [-0.1, -0.05) is 36.4 Å². The van der Waals surface area contributed by atoms with Crippen molar-refractivity contribution in [1.29, 1.82) is 0 Å². The second-order valence-corrected chi connectivity index (χ2v) is 7.57. The summed E-state index contributed by atoms with van der Waals surface area (Å²) in [6.45, 7) is 3.63. The van der Waals surface area contributed by atoms with Crippen LogP contribution in [-0.4, -0.2) is 35.9 Å². The average Bonchev–Trinajstić information content (AvgIpc) is 2.74. The van der Waals surface area contributed by atoms with E-state index in [-0.39, 0.29) is 29.8 Å². The Morgan fingerprint density at radius 3 is 2.40 bits per heavy atom. The smallest absolute Gasteiger partial charge is 0.258 e. The number of hydrogen-bond acceptors (Lipinski definition) is 3. The maximum Gasteiger partial charge on any atom is 0.258 e. The van der Waals surface area contributed by atoms with Gasteiger partial charge in [0, 0.05) is 13.5 Å². The second kappa shape index (κ2) is 9.57. The number of carbonyl (C=O) groups excluding carboxylic acids is 2. The van der Waals surface area contributed by atoms with Gasteiger partial charge in [0.25, 0.3) is 5.91 Å². The van der Waals surface area contributed by atoms with Gasteiger partial charge in [0.05, 0.1) is 17.7 Å². The van der Waals surface area contributed by atoms with Crippen molar-refractivity contribution < 1.29 is 18.7 Å². The van der Waals surface area contributed by atoms with E-state index in [1.165, 1.54) is 17.0 Å². The third-order valence-electron chi connectivity index (χ3n) is 5.32. The van der Waals surface area contributed by atoms with Crippen LogP contribution in [0.15, 0.2) is 60.7 Å². The zero-order valence-corrected chi connectivity index (χ0v) is 17.5. The molecule has 1 aliphatic heterocycles. The first-order valence-corrected chi connectivity index (χ1v) is 10.1. The Morgan fingerprint density at radius 2 is 1.67 bits per heavy atom. The highest BCUT2D eigenvalue weighted by molar-refractivity contribution is 5.99. The Balaban J connectivity index is 1.92. The van der Waals surface area contributed by atoms with E-state index in [1.54, 1.807) is 44.3 Å². The Bertz CT molecular complexity index is 926. The van der Waals surface area contributed by atoms with Gasteiger partial charge >= 0.3 is 0 Å². The quantitative estimate of drug-likeness (QED) is 0.715. The summed E-state index contributed by atoms with van der Waals surface area (Å²) < 4.78 is 19.3. The molecule has 2 aromatic carbocycles. The number of hydrogen-bond donors (Lipinski definition) is 1. The van der Waals surface area contributed by atoms with Crippen molar-refractivity contribution >= 4 is 11.8 Å². The number of halogens is 1. The molecule has 0 bridgehead atoms. The topological polar surface area (TPSA) is 58.6 Å². The molecule has 2 amide bonds. The summed E-state index contributed by atoms with van der Waals surface area (Å²) in [5.74, 6) is -0.391. The highest BCUT2D eigenvalue weighted by Gasteiger charge is 2.27. The number of carbonyl (C=O) groups is 2. The summed E-state index contributed by atoms with van der Waals surface area (Å²) in [6.07, 6.45) is 5.06. The summed E-state index contributed by atoms with van der Waals surface area (Å²) >= 11 is 0. The van der Waals surface area contributed by atoms with Gasteiger partial charge in [-0.25, -0.2) is 4.39 Å². The van der Waals surface area contributed by atoms with Crippen molar-refractivity contribution in [2.24, 2.45) is 0 Å². The molecule has 0 unspecified atom stereocenters. The van der Waals surface area contributed by atoms with Crippen LogP contribution in [0, 0.1) is 5.82 Å². The van der Waals surface area contributed by atoms with E-state index in [0.29, 0.717) is 24.2 Å². The largest absolute Gasteiger partial charge is 0.490 e. The monoisotopic (exact) mass is 410 g/mol. The molecule has 0 fully saturated rings. The molecule has 6 heteroatoms. The third-order valence-corrected chi connectivity index (χ3v) is 5.32. The lowest BCUT2D eigenvalue weighted by molar-refractivity contribution is -0.125. The van der Waals surface area contributed by atoms with E-state index in [1.807, 2.05) is 25.1 Å². The highest BCUT2D eigenvalue weighted by Crippen LogP contribution is 2.24. The number of likely N-dealkylation sites (N-methyl/N-ethyl adjacent to an activating group) is 1. The molecule has 3 atom stereocenters. The molecule has 0 saturated heterocycles. The fourth-order valence-electron chi connectivity index (χ4n) is 3.34. The van der Waals surface area contributed by atoms with Crippen molar-refractivity contribution in [3.05, 3.63) is 77.6 Å². The minimum Gasteiger partial charge on any atom is -0.490 e. The van der Waals surface area contributed by atoms with E-state index in [0.717, 1.165) is 5.56 Å². The zero-order valence-electron chi connectivity index (χ0n) is 17.5. The summed E-state index contributed by atoms with van der Waals surface area (Å²) in [5.41, 5.74) is 1.22. The van der Waals surface area contributed by atoms with Crippen LogP contribution in [0.25, 0.3) is 0 Å². The fourth-order valence-corrected chi connectivity index (χ4v) is 3.34. The summed E-state index contributed by atoms with van der Waals surface area (Å²) in [7, 11) is 1.60. The van der Waals surface area contributed by atoms with E-state index in [9.17, 15) is 14.0 Å². The lowest BCUT2D eigenvalue weighted by Crippen LogP contribution is -2.47. The molecular formula is C24H27FN2O3. The molecular weight excluding hydrogens is 383 g/mol. The number of nitrogens with one attached hydrogen (secondary N) is 1. The first-order chi connectivity index (χ1) is 14.4. The number of nitrogens with zero attached hydrogens (tertiary/aromatic N) is 1. The van der Waals surface area contributed by atoms with Gasteiger partial charge in [0.1, 0.15) is 17.6 Å². The van der Waals surface area contributed by atoms with Crippen LogP contribution in [-0.2, 0) is 4.79 Å². The first-order valence-electron chi connectivity index (χ1n) is 10.1. The minimum absolute atomic E-state index is 0.125. The molecule has 5 nitrogen and oxygen atoms in total. The summed E-state index contributed by atoms with van der Waals surface area (Å²) in [4.78, 5) is 27.4. The number of amides is 2. The molecule has 158 valence electrons. The molecule has 0 radical (unpaired) electrons. The normalized spacial score (nSPS) is 24.3.